The summed E-state index contributed by atoms with van der Waals surface area (Å²) in [6.07, 6.45) is 0. The van der Waals surface area contributed by atoms with Crippen LogP contribution in [0.25, 0.3) is 0 Å². The molecule has 1 heterocycles. The quantitative estimate of drug-likeness (QED) is 0.252. The van der Waals surface area contributed by atoms with Gasteiger partial charge in [-0.3, -0.25) is 0 Å². The maximum absolute atomic E-state index is 12.3. The monoisotopic (exact) mass is 555 g/mol. The van der Waals surface area contributed by atoms with Crippen LogP contribution in [0, 0.1) is 0 Å². The Kier molecular flexibility index (Phi) is 8.43. The molecule has 0 aliphatic rings. The number of hydrogen-bond donors (Lipinski definition) is 0. The minimum absolute atomic E-state index is 0. The Morgan fingerprint density at radius 1 is 1.00 bits per heavy atom. The summed E-state index contributed by atoms with van der Waals surface area (Å²) < 4.78 is 1.74. The molecule has 6 heteroatoms. The van der Waals surface area contributed by atoms with Gasteiger partial charge in [-0.25, -0.2) is 0 Å². The number of para-hydroxylation sites is 2. The maximum Gasteiger partial charge on any atom is -1.00 e. The molecule has 0 unspecified atom stereocenters. The molecule has 0 spiro atoms. The number of quaternary nitrogens is 1. The van der Waals surface area contributed by atoms with Gasteiger partial charge >= 0.3 is 167 Å². The average molecular weight is 554 g/mol. The third-order valence-corrected chi connectivity index (χ3v) is 6.87. The first kappa shape index (κ1) is 22.8. The van der Waals surface area contributed by atoms with Crippen LogP contribution >= 0.6 is 0 Å². The number of benzene rings is 2. The first-order valence-corrected chi connectivity index (χ1v) is 11.2. The van der Waals surface area contributed by atoms with Gasteiger partial charge in [-0.1, -0.05) is 0 Å². The third-order valence-electron chi connectivity index (χ3n) is 5.04. The van der Waals surface area contributed by atoms with E-state index in [4.69, 9.17) is 4.98 Å². The summed E-state index contributed by atoms with van der Waals surface area (Å²) in [5.41, 5.74) is 3.28. The van der Waals surface area contributed by atoms with E-state index in [2.05, 4.69) is 49.1 Å². The molecule has 3 aromatic rings. The molecule has 2 aromatic carbocycles. The Bertz CT molecular complexity index is 879. The minimum Gasteiger partial charge on any atom is -1.00 e. The van der Waals surface area contributed by atoms with Crippen LogP contribution in [0.2, 0.25) is 0 Å². The van der Waals surface area contributed by atoms with Crippen molar-refractivity contribution in [2.75, 3.05) is 18.0 Å². The molecule has 0 radical (unpaired) electrons. The SMILES string of the molecule is CC[N+](CC)(Cc1c[se]c(N(C(C)=O)c2ccccc2)n1)c1ccccc1.[I-]. The van der Waals surface area contributed by atoms with Crippen LogP contribution in [0.5, 0.6) is 0 Å². The predicted octanol–water partition coefficient (Wildman–Crippen LogP) is 1.37. The first-order valence-electron chi connectivity index (χ1n) is 9.31. The molecule has 3 rings (SSSR count). The molecule has 0 fully saturated rings. The average Bonchev–Trinajstić information content (AvgIpc) is 3.15. The molecule has 0 bridgehead atoms. The summed E-state index contributed by atoms with van der Waals surface area (Å²) in [4.78, 5) is 21.1. The number of nitrogens with zero attached hydrogens (tertiary/aromatic N) is 3. The van der Waals surface area contributed by atoms with Gasteiger partial charge in [-0.2, -0.15) is 0 Å². The Balaban J connectivity index is 0.00000280. The molecule has 28 heavy (non-hydrogen) atoms. The van der Waals surface area contributed by atoms with E-state index in [1.165, 1.54) is 5.69 Å². The molecule has 1 aromatic heterocycles. The fourth-order valence-corrected chi connectivity index (χ4v) is 5.28. The molecular weight excluding hydrogens is 528 g/mol. The molecule has 0 aliphatic heterocycles. The molecule has 0 N–H and O–H groups in total. The van der Waals surface area contributed by atoms with Crippen LogP contribution in [0.15, 0.2) is 65.6 Å². The molecule has 0 saturated carbocycles. The number of carbonyl (C=O) groups is 1. The summed E-state index contributed by atoms with van der Waals surface area (Å²) >= 11 is 0.0602. The van der Waals surface area contributed by atoms with Gasteiger partial charge in [0.15, 0.2) is 0 Å². The van der Waals surface area contributed by atoms with Crippen molar-refractivity contribution in [3.05, 3.63) is 71.3 Å². The molecule has 1 amide bonds. The molecule has 148 valence electrons. The fourth-order valence-electron chi connectivity index (χ4n) is 3.43. The minimum atomic E-state index is 0. The maximum atomic E-state index is 12.3. The molecular formula is C22H26IN3OSe. The summed E-state index contributed by atoms with van der Waals surface area (Å²) in [5.74, 6) is 0.00581. The van der Waals surface area contributed by atoms with Gasteiger partial charge in [0, 0.05) is 0 Å². The smallest absolute Gasteiger partial charge is 1.00 e. The first-order chi connectivity index (χ1) is 13.1. The van der Waals surface area contributed by atoms with E-state index < -0.39 is 0 Å². The normalized spacial score (nSPS) is 11.0. The van der Waals surface area contributed by atoms with Gasteiger partial charge < -0.3 is 24.0 Å². The van der Waals surface area contributed by atoms with Gasteiger partial charge in [0.1, 0.15) is 0 Å². The van der Waals surface area contributed by atoms with Crippen molar-refractivity contribution in [2.24, 2.45) is 0 Å². The Morgan fingerprint density at radius 2 is 1.57 bits per heavy atom. The van der Waals surface area contributed by atoms with Crippen LogP contribution in [0.4, 0.5) is 16.1 Å². The van der Waals surface area contributed by atoms with E-state index >= 15 is 0 Å². The zero-order valence-electron chi connectivity index (χ0n) is 16.5. The number of aromatic nitrogens is 1. The van der Waals surface area contributed by atoms with Crippen molar-refractivity contribution in [1.82, 2.24) is 9.47 Å². The Hall–Kier alpha value is -1.47. The van der Waals surface area contributed by atoms with Crippen LogP contribution in [-0.2, 0) is 11.3 Å². The van der Waals surface area contributed by atoms with Crippen LogP contribution < -0.4 is 33.4 Å². The Morgan fingerprint density at radius 3 is 2.11 bits per heavy atom. The van der Waals surface area contributed by atoms with E-state index in [9.17, 15) is 4.79 Å². The second kappa shape index (κ2) is 10.3. The number of rotatable bonds is 7. The summed E-state index contributed by atoms with van der Waals surface area (Å²) in [7, 11) is 0. The zero-order valence-corrected chi connectivity index (χ0v) is 20.4. The van der Waals surface area contributed by atoms with Crippen molar-refractivity contribution in [1.29, 1.82) is 0 Å². The van der Waals surface area contributed by atoms with E-state index in [-0.39, 0.29) is 44.4 Å². The predicted molar refractivity (Wildman–Crippen MR) is 113 cm³/mol. The van der Waals surface area contributed by atoms with Gasteiger partial charge in [0.25, 0.3) is 0 Å². The van der Waals surface area contributed by atoms with Crippen LogP contribution in [0.3, 0.4) is 0 Å². The van der Waals surface area contributed by atoms with E-state index in [1.807, 2.05) is 30.3 Å². The van der Waals surface area contributed by atoms with Gasteiger partial charge in [-0.05, 0) is 0 Å². The summed E-state index contributed by atoms with van der Waals surface area (Å²) in [6.45, 7) is 8.92. The van der Waals surface area contributed by atoms with E-state index in [0.717, 1.165) is 40.2 Å². The topological polar surface area (TPSA) is 33.2 Å². The van der Waals surface area contributed by atoms with Gasteiger partial charge in [0.2, 0.25) is 0 Å². The summed E-state index contributed by atoms with van der Waals surface area (Å²) in [5, 5.41) is 0. The van der Waals surface area contributed by atoms with E-state index in [1.54, 1.807) is 11.8 Å². The largest absolute Gasteiger partial charge is 1.00 e. The second-order valence-corrected chi connectivity index (χ2v) is 8.34. The van der Waals surface area contributed by atoms with Crippen molar-refractivity contribution >= 4 is 36.5 Å². The molecule has 0 atom stereocenters. The molecule has 4 nitrogen and oxygen atoms in total. The number of halogens is 1. The van der Waals surface area contributed by atoms with Gasteiger partial charge in [0.05, 0.1) is 0 Å². The van der Waals surface area contributed by atoms with Crippen molar-refractivity contribution in [3.8, 4) is 0 Å². The Labute approximate surface area is 190 Å². The van der Waals surface area contributed by atoms with Crippen LogP contribution in [-0.4, -0.2) is 38.5 Å². The zero-order chi connectivity index (χ0) is 19.3. The number of anilines is 2. The number of hydrogen-bond acceptors (Lipinski definition) is 2. The van der Waals surface area contributed by atoms with Gasteiger partial charge in [-0.15, -0.1) is 0 Å². The van der Waals surface area contributed by atoms with Crippen molar-refractivity contribution in [2.45, 2.75) is 27.3 Å². The molecule has 0 saturated heterocycles. The molecule has 0 aliphatic carbocycles. The third kappa shape index (κ3) is 4.92. The standard InChI is InChI=1S/C22H26N3OSe.HI/c1-4-25(5-2,21-14-10-7-11-15-21)16-19-17-27-22(23-19)24(18(3)26)20-12-8-6-9-13-20;/h6-15,17H,4-5,16H2,1-3H3;1H/q+1;/p-1. The van der Waals surface area contributed by atoms with E-state index in [0.29, 0.717) is 0 Å². The van der Waals surface area contributed by atoms with Crippen molar-refractivity contribution in [3.63, 3.8) is 0 Å². The summed E-state index contributed by atoms with van der Waals surface area (Å²) in [6, 6.07) is 20.4. The fraction of sp³-hybridized carbons (Fsp3) is 0.273. The number of carbonyl (C=O) groups excluding carboxylic acids is 1. The number of amides is 1. The van der Waals surface area contributed by atoms with Crippen LogP contribution in [0.1, 0.15) is 26.5 Å². The van der Waals surface area contributed by atoms with Crippen molar-refractivity contribution < 1.29 is 28.8 Å². The second-order valence-electron chi connectivity index (χ2n) is 6.58.